The molecule has 0 bridgehead atoms. The van der Waals surface area contributed by atoms with Gasteiger partial charge in [-0.05, 0) is 5.56 Å². The average Bonchev–Trinajstić information content (AvgIpc) is 3.44. The molecule has 42 heavy (non-hydrogen) atoms. The molecule has 1 heteroatoms. The third-order valence-electron chi connectivity index (χ3n) is 7.09. The molecule has 198 valence electrons. The summed E-state index contributed by atoms with van der Waals surface area (Å²) in [5.41, 5.74) is 6.80. The van der Waals surface area contributed by atoms with E-state index in [1.807, 2.05) is 30.3 Å². The van der Waals surface area contributed by atoms with Gasteiger partial charge in [0.25, 0.3) is 0 Å². The summed E-state index contributed by atoms with van der Waals surface area (Å²) < 4.78 is 0. The van der Waals surface area contributed by atoms with E-state index in [1.54, 1.807) is 0 Å². The molecule has 7 aromatic rings. The van der Waals surface area contributed by atoms with Gasteiger partial charge in [0, 0.05) is 0 Å². The fourth-order valence-corrected chi connectivity index (χ4v) is 5.10. The molecule has 0 radical (unpaired) electrons. The van der Waals surface area contributed by atoms with Gasteiger partial charge in [0.05, 0.1) is 0 Å². The fraction of sp³-hybridized carbons (Fsp3) is 0. The summed E-state index contributed by atoms with van der Waals surface area (Å²) in [6.07, 6.45) is 5.91. The van der Waals surface area contributed by atoms with Crippen molar-refractivity contribution in [1.29, 1.82) is 0 Å². The quantitative estimate of drug-likeness (QED) is 0.103. The van der Waals surface area contributed by atoms with Crippen molar-refractivity contribution in [2.45, 2.75) is 0 Å². The van der Waals surface area contributed by atoms with Crippen molar-refractivity contribution in [2.75, 3.05) is 0 Å². The molecule has 0 fully saturated rings. The molecule has 0 aromatic heterocycles. The van der Waals surface area contributed by atoms with Crippen molar-refractivity contribution >= 4 is 38.8 Å². The molecule has 7 rings (SSSR count). The molecule has 0 spiro atoms. The molecule has 0 nitrogen and oxygen atoms in total. The van der Waals surface area contributed by atoms with E-state index in [9.17, 15) is 0 Å². The number of hydrogen-bond donors (Lipinski definition) is 0. The minimum Gasteiger partial charge on any atom is -0.126 e. The average molecular weight is 614 g/mol. The summed E-state index contributed by atoms with van der Waals surface area (Å²) in [5.74, 6) is 0. The van der Waals surface area contributed by atoms with Crippen LogP contribution in [0.5, 0.6) is 0 Å². The van der Waals surface area contributed by atoms with Crippen LogP contribution in [-0.2, 0) is 26.2 Å². The second kappa shape index (κ2) is 14.4. The monoisotopic (exact) mass is 612 g/mol. The van der Waals surface area contributed by atoms with Gasteiger partial charge < -0.3 is 0 Å². The number of benzene rings is 6. The Labute approximate surface area is 267 Å². The second-order valence-corrected chi connectivity index (χ2v) is 9.89. The first-order valence-corrected chi connectivity index (χ1v) is 14.0. The number of allylic oxidation sites excluding steroid dienone is 2. The van der Waals surface area contributed by atoms with Crippen LogP contribution in [0.1, 0.15) is 22.3 Å². The number of fused-ring (bicyclic) bond motifs is 3. The largest absolute Gasteiger partial charge is 2.00 e. The van der Waals surface area contributed by atoms with Crippen LogP contribution in [0.15, 0.2) is 176 Å². The fourth-order valence-electron chi connectivity index (χ4n) is 5.10. The first kappa shape index (κ1) is 29.1. The molecule has 0 N–H and O–H groups in total. The maximum Gasteiger partial charge on any atom is 2.00 e. The van der Waals surface area contributed by atoms with E-state index in [0.717, 1.165) is 22.3 Å². The van der Waals surface area contributed by atoms with Gasteiger partial charge in [-0.15, -0.1) is 69.1 Å². The van der Waals surface area contributed by atoms with Gasteiger partial charge in [0.1, 0.15) is 0 Å². The molecular weight excluding hydrogens is 584 g/mol. The van der Waals surface area contributed by atoms with Crippen LogP contribution in [0.3, 0.4) is 0 Å². The van der Waals surface area contributed by atoms with Crippen LogP contribution in [0, 0.1) is 6.08 Å². The molecule has 0 saturated heterocycles. The van der Waals surface area contributed by atoms with Gasteiger partial charge in [-0.25, -0.2) is 0 Å². The minimum atomic E-state index is 0. The molecule has 0 atom stereocenters. The maximum absolute atomic E-state index is 3.66. The summed E-state index contributed by atoms with van der Waals surface area (Å²) in [7, 11) is 0. The molecule has 0 aliphatic heterocycles. The van der Waals surface area contributed by atoms with E-state index in [2.05, 4.69) is 158 Å². The SMILES string of the molecule is [C-](=C(C(=Cc1ccccc1)c1ccccc1)c1ccccc1)c1ccccc1.[Zr+2].c1ccc2c(c1)[cH-]c1ccccc12. The van der Waals surface area contributed by atoms with Gasteiger partial charge in [0.2, 0.25) is 0 Å². The van der Waals surface area contributed by atoms with E-state index in [0.29, 0.717) is 0 Å². The number of rotatable bonds is 5. The topological polar surface area (TPSA) is 0 Å². The van der Waals surface area contributed by atoms with Crippen LogP contribution in [0.25, 0.3) is 38.8 Å². The molecular formula is C41H30Zr. The van der Waals surface area contributed by atoms with E-state index < -0.39 is 0 Å². The van der Waals surface area contributed by atoms with Crippen molar-refractivity contribution in [2.24, 2.45) is 0 Å². The van der Waals surface area contributed by atoms with Crippen LogP contribution < -0.4 is 0 Å². The van der Waals surface area contributed by atoms with Gasteiger partial charge in [0.15, 0.2) is 0 Å². The third-order valence-corrected chi connectivity index (χ3v) is 7.09. The van der Waals surface area contributed by atoms with Gasteiger partial charge in [-0.1, -0.05) is 168 Å². The summed E-state index contributed by atoms with van der Waals surface area (Å²) in [6, 6.07) is 61.1. The van der Waals surface area contributed by atoms with Crippen LogP contribution in [-0.4, -0.2) is 0 Å². The zero-order chi connectivity index (χ0) is 27.7. The summed E-state index contributed by atoms with van der Waals surface area (Å²) in [5, 5.41) is 5.39. The zero-order valence-electron chi connectivity index (χ0n) is 23.3. The van der Waals surface area contributed by atoms with Crippen molar-refractivity contribution < 1.29 is 26.2 Å². The van der Waals surface area contributed by atoms with Crippen LogP contribution >= 0.6 is 0 Å². The Morgan fingerprint density at radius 2 is 0.881 bits per heavy atom. The van der Waals surface area contributed by atoms with Crippen molar-refractivity contribution in [3.05, 3.63) is 204 Å². The van der Waals surface area contributed by atoms with Crippen molar-refractivity contribution in [1.82, 2.24) is 0 Å². The molecule has 0 saturated carbocycles. The molecule has 0 heterocycles. The Hall–Kier alpha value is -4.45. The molecule has 7 aromatic carbocycles. The van der Waals surface area contributed by atoms with E-state index in [1.165, 1.54) is 32.7 Å². The van der Waals surface area contributed by atoms with E-state index >= 15 is 0 Å². The van der Waals surface area contributed by atoms with Gasteiger partial charge in [-0.2, -0.15) is 0 Å². The van der Waals surface area contributed by atoms with E-state index in [4.69, 9.17) is 0 Å². The summed E-state index contributed by atoms with van der Waals surface area (Å²) >= 11 is 0. The molecule has 0 unspecified atom stereocenters. The Morgan fingerprint density at radius 1 is 0.452 bits per heavy atom. The normalized spacial score (nSPS) is 11.4. The zero-order valence-corrected chi connectivity index (χ0v) is 25.8. The standard InChI is InChI=1S/C28H21.C13H9.Zr/c1-5-13-23(14-6-1)21-27(25-17-9-3-10-18-25)28(26-19-11-4-12-20-26)22-24-15-7-2-8-16-24;1-3-7-12-10(5-1)9-11-6-2-4-8-13(11)12;/h1-21H;1-9H;/q2*-1;+2. The Morgan fingerprint density at radius 3 is 1.43 bits per heavy atom. The van der Waals surface area contributed by atoms with Crippen LogP contribution in [0.2, 0.25) is 0 Å². The molecule has 0 aliphatic carbocycles. The minimum absolute atomic E-state index is 0. The smallest absolute Gasteiger partial charge is 0.126 e. The van der Waals surface area contributed by atoms with E-state index in [-0.39, 0.29) is 26.2 Å². The molecule has 0 amide bonds. The Balaban J connectivity index is 0.000000209. The summed E-state index contributed by atoms with van der Waals surface area (Å²) in [4.78, 5) is 0. The first-order valence-electron chi connectivity index (χ1n) is 14.0. The summed E-state index contributed by atoms with van der Waals surface area (Å²) in [6.45, 7) is 0. The van der Waals surface area contributed by atoms with Gasteiger partial charge in [-0.3, -0.25) is 0 Å². The second-order valence-electron chi connectivity index (χ2n) is 9.89. The van der Waals surface area contributed by atoms with Gasteiger partial charge >= 0.3 is 26.2 Å². The predicted octanol–water partition coefficient (Wildman–Crippen LogP) is 10.9. The first-order chi connectivity index (χ1) is 20.3. The Bertz CT molecular complexity index is 1750. The van der Waals surface area contributed by atoms with Crippen molar-refractivity contribution in [3.8, 4) is 0 Å². The maximum atomic E-state index is 3.66. The number of hydrogen-bond acceptors (Lipinski definition) is 0. The van der Waals surface area contributed by atoms with Crippen LogP contribution in [0.4, 0.5) is 0 Å². The predicted molar refractivity (Wildman–Crippen MR) is 176 cm³/mol. The third kappa shape index (κ3) is 7.06. The van der Waals surface area contributed by atoms with Crippen molar-refractivity contribution in [3.63, 3.8) is 0 Å². The molecule has 0 aliphatic rings. The Kier molecular flexibility index (Phi) is 10.00.